The van der Waals surface area contributed by atoms with Crippen LogP contribution in [-0.2, 0) is 16.1 Å². The van der Waals surface area contributed by atoms with Gasteiger partial charge in [0.1, 0.15) is 0 Å². The molecule has 0 N–H and O–H groups in total. The third kappa shape index (κ3) is 1.66. The Morgan fingerprint density at radius 1 is 1.36 bits per heavy atom. The van der Waals surface area contributed by atoms with Crippen LogP contribution in [0.2, 0.25) is 0 Å². The van der Waals surface area contributed by atoms with Gasteiger partial charge in [-0.3, -0.25) is 0 Å². The number of rotatable bonds is 1. The van der Waals surface area contributed by atoms with Gasteiger partial charge in [-0.05, 0) is 18.4 Å². The van der Waals surface area contributed by atoms with Crippen LogP contribution in [-0.4, -0.2) is 11.7 Å². The minimum Gasteiger partial charge on any atom is -0.318 e. The summed E-state index contributed by atoms with van der Waals surface area (Å²) in [7, 11) is 0. The van der Waals surface area contributed by atoms with Crippen molar-refractivity contribution in [3.63, 3.8) is 0 Å². The van der Waals surface area contributed by atoms with Gasteiger partial charge in [0.2, 0.25) is 0 Å². The third-order valence-electron chi connectivity index (χ3n) is 2.24. The number of carbonyl (C=O) groups excluding carboxylic acids is 1. The van der Waals surface area contributed by atoms with Crippen LogP contribution in [0.25, 0.3) is 0 Å². The van der Waals surface area contributed by atoms with E-state index in [1.807, 2.05) is 18.2 Å². The first kappa shape index (κ1) is 8.94. The predicted octanol–water partition coefficient (Wildman–Crippen LogP) is 1.90. The van der Waals surface area contributed by atoms with Crippen LogP contribution < -0.4 is 0 Å². The molecule has 3 nitrogen and oxygen atoms in total. The van der Waals surface area contributed by atoms with Crippen LogP contribution in [0.1, 0.15) is 24.5 Å². The van der Waals surface area contributed by atoms with Crippen LogP contribution >= 0.6 is 0 Å². The van der Waals surface area contributed by atoms with Gasteiger partial charge < -0.3 is 4.84 Å². The second-order valence-electron chi connectivity index (χ2n) is 3.28. The molecule has 0 unspecified atom stereocenters. The van der Waals surface area contributed by atoms with Gasteiger partial charge in [-0.15, -0.1) is 0 Å². The van der Waals surface area contributed by atoms with Gasteiger partial charge in [0.05, 0.1) is 5.71 Å². The zero-order valence-electron chi connectivity index (χ0n) is 7.99. The minimum absolute atomic E-state index is 0.373. The summed E-state index contributed by atoms with van der Waals surface area (Å²) in [5, 5.41) is 3.83. The van der Waals surface area contributed by atoms with Crippen molar-refractivity contribution < 1.29 is 9.63 Å². The Kier molecular flexibility index (Phi) is 2.31. The molecule has 14 heavy (non-hydrogen) atoms. The van der Waals surface area contributed by atoms with Crippen molar-refractivity contribution in [3.05, 3.63) is 35.4 Å². The van der Waals surface area contributed by atoms with E-state index < -0.39 is 0 Å². The van der Waals surface area contributed by atoms with E-state index >= 15 is 0 Å². The Morgan fingerprint density at radius 2 is 2.14 bits per heavy atom. The lowest BCUT2D eigenvalue weighted by molar-refractivity contribution is -0.140. The average molecular weight is 189 g/mol. The minimum atomic E-state index is -0.373. The van der Waals surface area contributed by atoms with Gasteiger partial charge in [-0.2, -0.15) is 0 Å². The van der Waals surface area contributed by atoms with Crippen molar-refractivity contribution >= 4 is 11.7 Å². The van der Waals surface area contributed by atoms with E-state index in [-0.39, 0.29) is 5.97 Å². The summed E-state index contributed by atoms with van der Waals surface area (Å²) < 4.78 is 0. The SMILES string of the molecule is CC(=O)O/N=C1\CCc2ccccc21. The number of fused-ring (bicyclic) bond motifs is 1. The first-order chi connectivity index (χ1) is 6.77. The summed E-state index contributed by atoms with van der Waals surface area (Å²) in [5.41, 5.74) is 3.25. The number of oxime groups is 1. The van der Waals surface area contributed by atoms with Crippen molar-refractivity contribution in [2.45, 2.75) is 19.8 Å². The molecule has 0 saturated heterocycles. The largest absolute Gasteiger partial charge is 0.331 e. The Labute approximate surface area is 82.4 Å². The fourth-order valence-corrected chi connectivity index (χ4v) is 1.62. The molecule has 0 aliphatic heterocycles. The van der Waals surface area contributed by atoms with Crippen molar-refractivity contribution in [1.29, 1.82) is 0 Å². The van der Waals surface area contributed by atoms with Crippen LogP contribution in [0.3, 0.4) is 0 Å². The zero-order valence-corrected chi connectivity index (χ0v) is 7.99. The van der Waals surface area contributed by atoms with Gasteiger partial charge in [0.15, 0.2) is 0 Å². The molecule has 3 heteroatoms. The maximum Gasteiger partial charge on any atom is 0.331 e. The molecule has 1 aromatic rings. The van der Waals surface area contributed by atoms with E-state index in [2.05, 4.69) is 16.1 Å². The predicted molar refractivity (Wildman–Crippen MR) is 53.1 cm³/mol. The lowest BCUT2D eigenvalue weighted by Gasteiger charge is -1.97. The summed E-state index contributed by atoms with van der Waals surface area (Å²) in [4.78, 5) is 15.2. The quantitative estimate of drug-likeness (QED) is 0.500. The molecule has 0 fully saturated rings. The first-order valence-corrected chi connectivity index (χ1v) is 4.60. The standard InChI is InChI=1S/C11H11NO2/c1-8(13)14-12-11-7-6-9-4-2-3-5-10(9)11/h2-5H,6-7H2,1H3/b12-11+. The molecular formula is C11H11NO2. The van der Waals surface area contributed by atoms with E-state index in [9.17, 15) is 4.79 Å². The summed E-state index contributed by atoms with van der Waals surface area (Å²) in [6, 6.07) is 8.05. The highest BCUT2D eigenvalue weighted by Crippen LogP contribution is 2.21. The number of hydrogen-bond donors (Lipinski definition) is 0. The molecule has 0 aromatic heterocycles. The molecular weight excluding hydrogens is 178 g/mol. The van der Waals surface area contributed by atoms with Gasteiger partial charge in [-0.25, -0.2) is 4.79 Å². The van der Waals surface area contributed by atoms with Crippen molar-refractivity contribution in [3.8, 4) is 0 Å². The Morgan fingerprint density at radius 3 is 2.93 bits per heavy atom. The molecule has 0 spiro atoms. The molecule has 0 atom stereocenters. The Hall–Kier alpha value is -1.64. The van der Waals surface area contributed by atoms with Gasteiger partial charge in [-0.1, -0.05) is 29.4 Å². The number of hydrogen-bond acceptors (Lipinski definition) is 3. The molecule has 0 heterocycles. The fraction of sp³-hybridized carbons (Fsp3) is 0.273. The second kappa shape index (κ2) is 3.62. The number of aryl methyl sites for hydroxylation is 1. The van der Waals surface area contributed by atoms with Crippen LogP contribution in [0.4, 0.5) is 0 Å². The smallest absolute Gasteiger partial charge is 0.318 e. The molecule has 0 bridgehead atoms. The summed E-state index contributed by atoms with van der Waals surface area (Å²) in [6.07, 6.45) is 1.84. The summed E-state index contributed by atoms with van der Waals surface area (Å²) in [6.45, 7) is 1.35. The normalized spacial score (nSPS) is 16.8. The molecule has 0 radical (unpaired) electrons. The number of carbonyl (C=O) groups is 1. The highest BCUT2D eigenvalue weighted by atomic mass is 16.7. The lowest BCUT2D eigenvalue weighted by atomic mass is 10.1. The van der Waals surface area contributed by atoms with Gasteiger partial charge >= 0.3 is 5.97 Å². The van der Waals surface area contributed by atoms with E-state index in [1.165, 1.54) is 12.5 Å². The van der Waals surface area contributed by atoms with Crippen LogP contribution in [0, 0.1) is 0 Å². The average Bonchev–Trinajstić information content (AvgIpc) is 2.58. The van der Waals surface area contributed by atoms with E-state index in [0.717, 1.165) is 24.1 Å². The van der Waals surface area contributed by atoms with Crippen molar-refractivity contribution in [2.24, 2.45) is 5.16 Å². The highest BCUT2D eigenvalue weighted by molar-refractivity contribution is 6.04. The lowest BCUT2D eigenvalue weighted by Crippen LogP contribution is -1.99. The molecule has 2 rings (SSSR count). The van der Waals surface area contributed by atoms with E-state index in [0.29, 0.717) is 0 Å². The van der Waals surface area contributed by atoms with E-state index in [4.69, 9.17) is 0 Å². The molecule has 1 aliphatic carbocycles. The molecule has 0 amide bonds. The van der Waals surface area contributed by atoms with Crippen molar-refractivity contribution in [2.75, 3.05) is 0 Å². The van der Waals surface area contributed by atoms with Crippen LogP contribution in [0.15, 0.2) is 29.4 Å². The summed E-state index contributed by atoms with van der Waals surface area (Å²) >= 11 is 0. The summed E-state index contributed by atoms with van der Waals surface area (Å²) in [5.74, 6) is -0.373. The fourth-order valence-electron chi connectivity index (χ4n) is 1.62. The van der Waals surface area contributed by atoms with E-state index in [1.54, 1.807) is 0 Å². The van der Waals surface area contributed by atoms with Gasteiger partial charge in [0.25, 0.3) is 0 Å². The van der Waals surface area contributed by atoms with Crippen LogP contribution in [0.5, 0.6) is 0 Å². The zero-order chi connectivity index (χ0) is 9.97. The highest BCUT2D eigenvalue weighted by Gasteiger charge is 2.17. The molecule has 1 aliphatic rings. The number of benzene rings is 1. The maximum absolute atomic E-state index is 10.6. The monoisotopic (exact) mass is 189 g/mol. The third-order valence-corrected chi connectivity index (χ3v) is 2.24. The Bertz CT molecular complexity index is 396. The van der Waals surface area contributed by atoms with Gasteiger partial charge in [0, 0.05) is 12.5 Å². The van der Waals surface area contributed by atoms with Crippen molar-refractivity contribution in [1.82, 2.24) is 0 Å². The molecule has 72 valence electrons. The molecule has 1 aromatic carbocycles. The Balaban J connectivity index is 2.26. The first-order valence-electron chi connectivity index (χ1n) is 4.60. The second-order valence-corrected chi connectivity index (χ2v) is 3.28. The topological polar surface area (TPSA) is 38.7 Å². The molecule has 0 saturated carbocycles. The maximum atomic E-state index is 10.6. The number of nitrogens with zero attached hydrogens (tertiary/aromatic N) is 1.